The molecule has 1 aliphatic rings. The van der Waals surface area contributed by atoms with Gasteiger partial charge in [-0.3, -0.25) is 14.9 Å². The van der Waals surface area contributed by atoms with Gasteiger partial charge in [-0.05, 0) is 12.8 Å². The van der Waals surface area contributed by atoms with Gasteiger partial charge in [-0.25, -0.2) is 4.98 Å². The first kappa shape index (κ1) is 14.6. The molecular weight excluding hydrogens is 302 g/mol. The number of rotatable bonds is 4. The fraction of sp³-hybridized carbons (Fsp3) is 0.333. The molecule has 1 fully saturated rings. The molecule has 0 unspecified atom stereocenters. The maximum absolute atomic E-state index is 12.1. The summed E-state index contributed by atoms with van der Waals surface area (Å²) in [6.07, 6.45) is 2.45. The third-order valence-corrected chi connectivity index (χ3v) is 4.51. The van der Waals surface area contributed by atoms with Crippen LogP contribution in [0.25, 0.3) is 11.3 Å². The number of carbonyl (C=O) groups excluding carboxylic acids is 1. The molecule has 7 heteroatoms. The van der Waals surface area contributed by atoms with Gasteiger partial charge in [-0.2, -0.15) is 0 Å². The molecule has 6 nitrogen and oxygen atoms in total. The summed E-state index contributed by atoms with van der Waals surface area (Å²) in [5, 5.41) is 13.4. The van der Waals surface area contributed by atoms with Crippen molar-refractivity contribution in [3.8, 4) is 11.3 Å². The van der Waals surface area contributed by atoms with E-state index in [-0.39, 0.29) is 11.6 Å². The SMILES string of the molecule is O=C(Cc1nc(-c2cccc([N+](=O)[O-])c2)cs1)N1CCCC1. The quantitative estimate of drug-likeness (QED) is 0.642. The summed E-state index contributed by atoms with van der Waals surface area (Å²) in [6, 6.07) is 6.38. The van der Waals surface area contributed by atoms with Crippen LogP contribution < -0.4 is 0 Å². The number of hydrogen-bond donors (Lipinski definition) is 0. The zero-order valence-corrected chi connectivity index (χ0v) is 12.7. The van der Waals surface area contributed by atoms with E-state index in [1.807, 2.05) is 10.3 Å². The van der Waals surface area contributed by atoms with Gasteiger partial charge < -0.3 is 4.90 Å². The largest absolute Gasteiger partial charge is 0.342 e. The van der Waals surface area contributed by atoms with Crippen LogP contribution in [0.3, 0.4) is 0 Å². The van der Waals surface area contributed by atoms with Crippen LogP contribution in [0.1, 0.15) is 17.8 Å². The van der Waals surface area contributed by atoms with E-state index in [4.69, 9.17) is 0 Å². The van der Waals surface area contributed by atoms with Gasteiger partial charge in [-0.15, -0.1) is 11.3 Å². The molecule has 0 aliphatic carbocycles. The fourth-order valence-electron chi connectivity index (χ4n) is 2.51. The molecule has 0 bridgehead atoms. The third-order valence-electron chi connectivity index (χ3n) is 3.67. The molecule has 114 valence electrons. The number of nitrogens with zero attached hydrogens (tertiary/aromatic N) is 3. The van der Waals surface area contributed by atoms with Crippen LogP contribution in [0.2, 0.25) is 0 Å². The Morgan fingerprint density at radius 2 is 2.14 bits per heavy atom. The second-order valence-corrected chi connectivity index (χ2v) is 6.14. The maximum atomic E-state index is 12.1. The topological polar surface area (TPSA) is 76.3 Å². The summed E-state index contributed by atoms with van der Waals surface area (Å²) in [7, 11) is 0. The standard InChI is InChI=1S/C15H15N3O3S/c19-15(17-6-1-2-7-17)9-14-16-13(10-22-14)11-4-3-5-12(8-11)18(20)21/h3-5,8,10H,1-2,6-7,9H2. The molecule has 1 aromatic heterocycles. The predicted octanol–water partition coefficient (Wildman–Crippen LogP) is 2.88. The van der Waals surface area contributed by atoms with Crippen molar-refractivity contribution in [2.45, 2.75) is 19.3 Å². The molecule has 0 atom stereocenters. The zero-order valence-electron chi connectivity index (χ0n) is 11.9. The lowest BCUT2D eigenvalue weighted by atomic mass is 10.1. The molecule has 2 heterocycles. The Labute approximate surface area is 131 Å². The van der Waals surface area contributed by atoms with Crippen molar-refractivity contribution in [2.24, 2.45) is 0 Å². The lowest BCUT2D eigenvalue weighted by molar-refractivity contribution is -0.384. The van der Waals surface area contributed by atoms with Crippen LogP contribution in [0, 0.1) is 10.1 Å². The van der Waals surface area contributed by atoms with Gasteiger partial charge in [0.1, 0.15) is 5.01 Å². The van der Waals surface area contributed by atoms with Crippen LogP contribution in [0.15, 0.2) is 29.6 Å². The van der Waals surface area contributed by atoms with Crippen LogP contribution >= 0.6 is 11.3 Å². The van der Waals surface area contributed by atoms with E-state index in [0.29, 0.717) is 17.7 Å². The van der Waals surface area contributed by atoms with Crippen molar-refractivity contribution in [2.75, 3.05) is 13.1 Å². The minimum absolute atomic E-state index is 0.0418. The smallest absolute Gasteiger partial charge is 0.270 e. The van der Waals surface area contributed by atoms with E-state index in [0.717, 1.165) is 30.9 Å². The summed E-state index contributed by atoms with van der Waals surface area (Å²) in [5.74, 6) is 0.109. The third kappa shape index (κ3) is 3.14. The highest BCUT2D eigenvalue weighted by atomic mass is 32.1. The van der Waals surface area contributed by atoms with Gasteiger partial charge in [0.25, 0.3) is 5.69 Å². The second-order valence-electron chi connectivity index (χ2n) is 5.20. The average Bonchev–Trinajstić information content (AvgIpc) is 3.19. The summed E-state index contributed by atoms with van der Waals surface area (Å²) >= 11 is 1.42. The molecule has 0 spiro atoms. The molecular formula is C15H15N3O3S. The van der Waals surface area contributed by atoms with Crippen molar-refractivity contribution in [3.63, 3.8) is 0 Å². The first-order valence-corrected chi connectivity index (χ1v) is 7.98. The number of thiazole rings is 1. The van der Waals surface area contributed by atoms with E-state index in [9.17, 15) is 14.9 Å². The van der Waals surface area contributed by atoms with E-state index < -0.39 is 4.92 Å². The number of likely N-dealkylation sites (tertiary alicyclic amines) is 1. The molecule has 22 heavy (non-hydrogen) atoms. The monoisotopic (exact) mass is 317 g/mol. The molecule has 2 aromatic rings. The van der Waals surface area contributed by atoms with Crippen LogP contribution in [0.5, 0.6) is 0 Å². The van der Waals surface area contributed by atoms with Gasteiger partial charge in [0.15, 0.2) is 0 Å². The van der Waals surface area contributed by atoms with Crippen molar-refractivity contribution in [3.05, 3.63) is 44.8 Å². The van der Waals surface area contributed by atoms with Crippen molar-refractivity contribution < 1.29 is 9.72 Å². The van der Waals surface area contributed by atoms with E-state index in [1.165, 1.54) is 23.5 Å². The summed E-state index contributed by atoms with van der Waals surface area (Å²) in [6.45, 7) is 1.67. The molecule has 1 aromatic carbocycles. The van der Waals surface area contributed by atoms with Crippen molar-refractivity contribution >= 4 is 22.9 Å². The molecule has 1 saturated heterocycles. The fourth-order valence-corrected chi connectivity index (χ4v) is 3.31. The number of carbonyl (C=O) groups is 1. The molecule has 0 radical (unpaired) electrons. The number of nitro benzene ring substituents is 1. The lowest BCUT2D eigenvalue weighted by Crippen LogP contribution is -2.28. The average molecular weight is 317 g/mol. The highest BCUT2D eigenvalue weighted by molar-refractivity contribution is 7.10. The van der Waals surface area contributed by atoms with E-state index in [2.05, 4.69) is 4.98 Å². The van der Waals surface area contributed by atoms with Crippen LogP contribution in [-0.2, 0) is 11.2 Å². The zero-order chi connectivity index (χ0) is 15.5. The molecule has 0 N–H and O–H groups in total. The van der Waals surface area contributed by atoms with Gasteiger partial charge in [0.2, 0.25) is 5.91 Å². The highest BCUT2D eigenvalue weighted by Crippen LogP contribution is 2.26. The lowest BCUT2D eigenvalue weighted by Gasteiger charge is -2.13. The van der Waals surface area contributed by atoms with Crippen LogP contribution in [-0.4, -0.2) is 33.8 Å². The summed E-state index contributed by atoms with van der Waals surface area (Å²) in [5.41, 5.74) is 1.42. The minimum Gasteiger partial charge on any atom is -0.342 e. The van der Waals surface area contributed by atoms with Gasteiger partial charge in [0, 0.05) is 36.2 Å². The Hall–Kier alpha value is -2.28. The Balaban J connectivity index is 1.74. The second kappa shape index (κ2) is 6.23. The summed E-state index contributed by atoms with van der Waals surface area (Å²) < 4.78 is 0. The van der Waals surface area contributed by atoms with Crippen molar-refractivity contribution in [1.29, 1.82) is 0 Å². The Bertz CT molecular complexity index is 708. The molecule has 1 aliphatic heterocycles. The maximum Gasteiger partial charge on any atom is 0.270 e. The first-order chi connectivity index (χ1) is 10.6. The molecule has 0 saturated carbocycles. The van der Waals surface area contributed by atoms with Crippen molar-refractivity contribution in [1.82, 2.24) is 9.88 Å². The predicted molar refractivity (Wildman–Crippen MR) is 83.7 cm³/mol. The highest BCUT2D eigenvalue weighted by Gasteiger charge is 2.19. The number of aromatic nitrogens is 1. The number of nitro groups is 1. The van der Waals surface area contributed by atoms with Gasteiger partial charge >= 0.3 is 0 Å². The van der Waals surface area contributed by atoms with E-state index in [1.54, 1.807) is 12.1 Å². The Kier molecular flexibility index (Phi) is 4.15. The molecule has 3 rings (SSSR count). The number of amides is 1. The Morgan fingerprint density at radius 3 is 2.86 bits per heavy atom. The van der Waals surface area contributed by atoms with Crippen LogP contribution in [0.4, 0.5) is 5.69 Å². The van der Waals surface area contributed by atoms with Gasteiger partial charge in [-0.1, -0.05) is 12.1 Å². The molecule has 1 amide bonds. The Morgan fingerprint density at radius 1 is 1.36 bits per heavy atom. The number of hydrogen-bond acceptors (Lipinski definition) is 5. The van der Waals surface area contributed by atoms with E-state index >= 15 is 0 Å². The number of non-ortho nitro benzene ring substituents is 1. The normalized spacial score (nSPS) is 14.3. The summed E-state index contributed by atoms with van der Waals surface area (Å²) in [4.78, 5) is 28.8. The first-order valence-electron chi connectivity index (χ1n) is 7.10. The number of benzene rings is 1. The van der Waals surface area contributed by atoms with Gasteiger partial charge in [0.05, 0.1) is 17.0 Å². The minimum atomic E-state index is -0.423.